The Morgan fingerprint density at radius 2 is 2.29 bits per heavy atom. The molecule has 0 aliphatic carbocycles. The maximum atomic E-state index is 11.5. The van der Waals surface area contributed by atoms with Crippen LogP contribution in [0.15, 0.2) is 6.33 Å². The summed E-state index contributed by atoms with van der Waals surface area (Å²) in [4.78, 5) is 25.9. The van der Waals surface area contributed by atoms with E-state index in [1.165, 1.54) is 0 Å². The van der Waals surface area contributed by atoms with Crippen LogP contribution in [-0.4, -0.2) is 50.0 Å². The number of aryl methyl sites for hydroxylation is 1. The van der Waals surface area contributed by atoms with Gasteiger partial charge in [-0.25, -0.2) is 4.98 Å². The van der Waals surface area contributed by atoms with E-state index in [2.05, 4.69) is 20.3 Å². The van der Waals surface area contributed by atoms with Gasteiger partial charge in [0.25, 0.3) is 0 Å². The third kappa shape index (κ3) is 2.92. The van der Waals surface area contributed by atoms with Gasteiger partial charge in [-0.3, -0.25) is 4.79 Å². The van der Waals surface area contributed by atoms with Gasteiger partial charge in [-0.1, -0.05) is 0 Å². The Morgan fingerprint density at radius 3 is 3.05 bits per heavy atom. The Bertz CT molecular complexity index is 670. The predicted molar refractivity (Wildman–Crippen MR) is 80.2 cm³/mol. The quantitative estimate of drug-likeness (QED) is 0.668. The van der Waals surface area contributed by atoms with E-state index < -0.39 is 0 Å². The van der Waals surface area contributed by atoms with Crippen molar-refractivity contribution in [2.75, 3.05) is 25.0 Å². The average molecular weight is 309 g/mol. The molecule has 0 bridgehead atoms. The van der Waals surface area contributed by atoms with Crippen molar-refractivity contribution >= 4 is 34.5 Å². The second-order valence-corrected chi connectivity index (χ2v) is 5.47. The minimum Gasteiger partial charge on any atom is -0.368 e. The number of rotatable bonds is 5. The fraction of sp³-hybridized carbons (Fsp3) is 0.538. The number of imidazole rings is 1. The summed E-state index contributed by atoms with van der Waals surface area (Å²) < 4.78 is 1.86. The number of aromatic nitrogens is 4. The van der Waals surface area contributed by atoms with E-state index in [-0.39, 0.29) is 11.2 Å². The number of amides is 1. The first-order chi connectivity index (χ1) is 10.1. The lowest BCUT2D eigenvalue weighted by Crippen LogP contribution is -2.27. The molecule has 1 aliphatic heterocycles. The largest absolute Gasteiger partial charge is 0.368 e. The van der Waals surface area contributed by atoms with Crippen molar-refractivity contribution < 1.29 is 4.79 Å². The number of likely N-dealkylation sites (tertiary alicyclic amines) is 1. The summed E-state index contributed by atoms with van der Waals surface area (Å²) in [7, 11) is 1.89. The van der Waals surface area contributed by atoms with E-state index in [1.54, 1.807) is 6.33 Å². The highest BCUT2D eigenvalue weighted by molar-refractivity contribution is 6.28. The number of nitrogens with one attached hydrogen (secondary N) is 1. The lowest BCUT2D eigenvalue weighted by molar-refractivity contribution is -0.127. The fourth-order valence-corrected chi connectivity index (χ4v) is 2.74. The number of fused-ring (bicyclic) bond motifs is 1. The van der Waals surface area contributed by atoms with Crippen molar-refractivity contribution in [3.05, 3.63) is 11.6 Å². The first-order valence-electron chi connectivity index (χ1n) is 7.01. The molecule has 1 saturated heterocycles. The normalized spacial score (nSPS) is 15.1. The maximum Gasteiger partial charge on any atom is 0.226 e. The molecule has 2 aromatic heterocycles. The summed E-state index contributed by atoms with van der Waals surface area (Å²) in [5.41, 5.74) is 1.41. The van der Waals surface area contributed by atoms with Gasteiger partial charge in [-0.2, -0.15) is 9.97 Å². The van der Waals surface area contributed by atoms with Crippen LogP contribution in [0.3, 0.4) is 0 Å². The van der Waals surface area contributed by atoms with Crippen LogP contribution in [0.5, 0.6) is 0 Å². The zero-order chi connectivity index (χ0) is 14.8. The molecule has 21 heavy (non-hydrogen) atoms. The van der Waals surface area contributed by atoms with Crippen LogP contribution in [0.4, 0.5) is 5.82 Å². The first kappa shape index (κ1) is 14.1. The average Bonchev–Trinajstić information content (AvgIpc) is 3.01. The molecule has 1 N–H and O–H groups in total. The highest BCUT2D eigenvalue weighted by Crippen LogP contribution is 2.20. The lowest BCUT2D eigenvalue weighted by Gasteiger charge is -2.15. The Kier molecular flexibility index (Phi) is 3.92. The second-order valence-electron chi connectivity index (χ2n) is 5.13. The lowest BCUT2D eigenvalue weighted by atomic mass is 10.3. The van der Waals surface area contributed by atoms with Gasteiger partial charge < -0.3 is 14.8 Å². The summed E-state index contributed by atoms with van der Waals surface area (Å²) in [6, 6.07) is 0. The molecule has 7 nitrogen and oxygen atoms in total. The van der Waals surface area contributed by atoms with Gasteiger partial charge in [0.05, 0.1) is 6.33 Å². The molecule has 1 fully saturated rings. The number of anilines is 1. The number of carbonyl (C=O) groups is 1. The van der Waals surface area contributed by atoms with E-state index in [0.717, 1.165) is 38.0 Å². The summed E-state index contributed by atoms with van der Waals surface area (Å²) in [5.74, 6) is 0.937. The molecule has 8 heteroatoms. The SMILES string of the molecule is Cn1cnc2nc(Cl)nc(NCCCN3CCCC3=O)c21. The van der Waals surface area contributed by atoms with Gasteiger partial charge >= 0.3 is 0 Å². The van der Waals surface area contributed by atoms with Gasteiger partial charge in [0.2, 0.25) is 11.2 Å². The number of carbonyl (C=O) groups excluding carboxylic acids is 1. The molecular formula is C13H17ClN6O. The molecule has 0 spiro atoms. The Morgan fingerprint density at radius 1 is 1.43 bits per heavy atom. The molecule has 0 atom stereocenters. The van der Waals surface area contributed by atoms with Gasteiger partial charge in [-0.15, -0.1) is 0 Å². The monoisotopic (exact) mass is 308 g/mol. The van der Waals surface area contributed by atoms with Crippen molar-refractivity contribution in [1.82, 2.24) is 24.4 Å². The molecule has 0 radical (unpaired) electrons. The van der Waals surface area contributed by atoms with Gasteiger partial charge in [0, 0.05) is 33.1 Å². The summed E-state index contributed by atoms with van der Waals surface area (Å²) in [6.45, 7) is 2.38. The first-order valence-corrected chi connectivity index (χ1v) is 7.39. The van der Waals surface area contributed by atoms with Crippen LogP contribution in [-0.2, 0) is 11.8 Å². The number of hydrogen-bond acceptors (Lipinski definition) is 5. The van der Waals surface area contributed by atoms with E-state index in [0.29, 0.717) is 17.9 Å². The van der Waals surface area contributed by atoms with Crippen LogP contribution in [0.1, 0.15) is 19.3 Å². The van der Waals surface area contributed by atoms with Crippen LogP contribution in [0, 0.1) is 0 Å². The van der Waals surface area contributed by atoms with E-state index >= 15 is 0 Å². The van der Waals surface area contributed by atoms with Crippen LogP contribution in [0.2, 0.25) is 5.28 Å². The van der Waals surface area contributed by atoms with Gasteiger partial charge in [-0.05, 0) is 24.4 Å². The summed E-state index contributed by atoms with van der Waals surface area (Å²) >= 11 is 5.90. The van der Waals surface area contributed by atoms with Gasteiger partial charge in [0.15, 0.2) is 11.5 Å². The molecule has 2 aromatic rings. The molecule has 0 unspecified atom stereocenters. The maximum absolute atomic E-state index is 11.5. The topological polar surface area (TPSA) is 75.9 Å². The van der Waals surface area contributed by atoms with Crippen molar-refractivity contribution in [3.8, 4) is 0 Å². The molecule has 1 aliphatic rings. The predicted octanol–water partition coefficient (Wildman–Crippen LogP) is 1.44. The molecular weight excluding hydrogens is 292 g/mol. The van der Waals surface area contributed by atoms with Crippen molar-refractivity contribution in [2.45, 2.75) is 19.3 Å². The Hall–Kier alpha value is -1.89. The number of halogens is 1. The van der Waals surface area contributed by atoms with Crippen LogP contribution < -0.4 is 5.32 Å². The van der Waals surface area contributed by atoms with Crippen LogP contribution in [0.25, 0.3) is 11.2 Å². The zero-order valence-corrected chi connectivity index (χ0v) is 12.6. The highest BCUT2D eigenvalue weighted by Gasteiger charge is 2.19. The second kappa shape index (κ2) is 5.85. The summed E-state index contributed by atoms with van der Waals surface area (Å²) in [6.07, 6.45) is 4.21. The van der Waals surface area contributed by atoms with E-state index in [1.807, 2.05) is 16.5 Å². The van der Waals surface area contributed by atoms with E-state index in [4.69, 9.17) is 11.6 Å². The molecule has 1 amide bonds. The van der Waals surface area contributed by atoms with Gasteiger partial charge in [0.1, 0.15) is 5.52 Å². The Labute approximate surface area is 127 Å². The van der Waals surface area contributed by atoms with E-state index in [9.17, 15) is 4.79 Å². The molecule has 0 saturated carbocycles. The minimum absolute atomic E-state index is 0.179. The molecule has 3 heterocycles. The van der Waals surface area contributed by atoms with Crippen molar-refractivity contribution in [2.24, 2.45) is 7.05 Å². The highest BCUT2D eigenvalue weighted by atomic mass is 35.5. The standard InChI is InChI=1S/C13H17ClN6O/c1-19-8-16-12-10(19)11(17-13(14)18-12)15-5-3-7-20-6-2-4-9(20)21/h8H,2-7H2,1H3,(H,15,17,18). The van der Waals surface area contributed by atoms with Crippen molar-refractivity contribution in [1.29, 1.82) is 0 Å². The van der Waals surface area contributed by atoms with Crippen LogP contribution >= 0.6 is 11.6 Å². The van der Waals surface area contributed by atoms with Crippen molar-refractivity contribution in [3.63, 3.8) is 0 Å². The molecule has 3 rings (SSSR count). The fourth-order valence-electron chi connectivity index (χ4n) is 2.57. The third-order valence-corrected chi connectivity index (χ3v) is 3.78. The number of nitrogens with zero attached hydrogens (tertiary/aromatic N) is 5. The Balaban J connectivity index is 1.62. The summed E-state index contributed by atoms with van der Waals surface area (Å²) in [5, 5.41) is 3.44. The molecule has 0 aromatic carbocycles. The molecule has 112 valence electrons. The third-order valence-electron chi connectivity index (χ3n) is 3.61. The zero-order valence-electron chi connectivity index (χ0n) is 11.8. The number of hydrogen-bond donors (Lipinski definition) is 1. The smallest absolute Gasteiger partial charge is 0.226 e. The minimum atomic E-state index is 0.179.